The zero-order valence-corrected chi connectivity index (χ0v) is 24.1. The molecule has 6 nitrogen and oxygen atoms in total. The van der Waals surface area contributed by atoms with E-state index in [2.05, 4.69) is 14.9 Å². The van der Waals surface area contributed by atoms with Gasteiger partial charge in [0.1, 0.15) is 29.9 Å². The summed E-state index contributed by atoms with van der Waals surface area (Å²) >= 11 is 6.52. The van der Waals surface area contributed by atoms with E-state index < -0.39 is 28.9 Å². The Balaban J connectivity index is 1.38. The minimum absolute atomic E-state index is 0.0568. The number of fused-ring (bicyclic) bond motifs is 3. The lowest BCUT2D eigenvalue weighted by Gasteiger charge is -2.38. The molecule has 0 amide bonds. The van der Waals surface area contributed by atoms with Crippen molar-refractivity contribution in [3.05, 3.63) is 59.1 Å². The molecule has 7 rings (SSSR count). The standard InChI is InChI=1S/C32H32ClF3N4O2/c1-31(41)10-4-12-39(17-31)29-22-14-24(35)26(21-8-2-6-19-7-3-9-23(33)25(19)21)27(36)28(22)37-30(38-29)42-18-32-11-5-13-40(32)16-20(34)15-32/h2-3,6-9,14,20,41H,4-5,10-13,15-18H2,1H3/t20-,31-,32+/m1/s1. The smallest absolute Gasteiger partial charge is 0.319 e. The van der Waals surface area contributed by atoms with Gasteiger partial charge in [-0.05, 0) is 62.2 Å². The average Bonchev–Trinajstić information content (AvgIpc) is 3.47. The van der Waals surface area contributed by atoms with Crippen molar-refractivity contribution >= 4 is 39.1 Å². The van der Waals surface area contributed by atoms with Crippen LogP contribution in [0.15, 0.2) is 42.5 Å². The first kappa shape index (κ1) is 27.7. The van der Waals surface area contributed by atoms with E-state index >= 15 is 8.78 Å². The van der Waals surface area contributed by atoms with Crippen LogP contribution in [0.4, 0.5) is 19.0 Å². The Kier molecular flexibility index (Phi) is 6.75. The monoisotopic (exact) mass is 596 g/mol. The summed E-state index contributed by atoms with van der Waals surface area (Å²) in [5.41, 5.74) is -1.44. The third-order valence-electron chi connectivity index (χ3n) is 9.17. The van der Waals surface area contributed by atoms with Gasteiger partial charge in [0, 0.05) is 41.9 Å². The van der Waals surface area contributed by atoms with E-state index in [0.29, 0.717) is 54.1 Å². The summed E-state index contributed by atoms with van der Waals surface area (Å²) in [7, 11) is 0. The van der Waals surface area contributed by atoms with Crippen LogP contribution in [-0.2, 0) is 0 Å². The van der Waals surface area contributed by atoms with Gasteiger partial charge in [0.25, 0.3) is 0 Å². The van der Waals surface area contributed by atoms with E-state index in [1.54, 1.807) is 31.2 Å². The van der Waals surface area contributed by atoms with Gasteiger partial charge in [-0.3, -0.25) is 4.90 Å². The molecule has 3 aliphatic rings. The third-order valence-corrected chi connectivity index (χ3v) is 9.49. The maximum atomic E-state index is 16.6. The molecule has 42 heavy (non-hydrogen) atoms. The van der Waals surface area contributed by atoms with Gasteiger partial charge in [0.05, 0.1) is 16.7 Å². The number of nitrogens with zero attached hydrogens (tertiary/aromatic N) is 4. The number of anilines is 1. The first-order valence-corrected chi connectivity index (χ1v) is 14.9. The molecule has 0 aliphatic carbocycles. The summed E-state index contributed by atoms with van der Waals surface area (Å²) in [6, 6.07) is 11.7. The molecule has 0 radical (unpaired) electrons. The van der Waals surface area contributed by atoms with Crippen molar-refractivity contribution in [3.63, 3.8) is 0 Å². The van der Waals surface area contributed by atoms with E-state index in [1.165, 1.54) is 6.07 Å². The van der Waals surface area contributed by atoms with Gasteiger partial charge < -0.3 is 14.7 Å². The van der Waals surface area contributed by atoms with Crippen LogP contribution in [-0.4, -0.2) is 70.1 Å². The molecule has 4 heterocycles. The molecule has 3 fully saturated rings. The van der Waals surface area contributed by atoms with Crippen molar-refractivity contribution < 1.29 is 23.0 Å². The molecule has 0 spiro atoms. The Labute approximate surface area is 247 Å². The van der Waals surface area contributed by atoms with Crippen LogP contribution in [0.25, 0.3) is 32.8 Å². The van der Waals surface area contributed by atoms with Crippen LogP contribution >= 0.6 is 11.6 Å². The van der Waals surface area contributed by atoms with Crippen molar-refractivity contribution in [1.29, 1.82) is 0 Å². The van der Waals surface area contributed by atoms with Crippen LogP contribution in [0.1, 0.15) is 39.0 Å². The predicted molar refractivity (Wildman–Crippen MR) is 158 cm³/mol. The van der Waals surface area contributed by atoms with E-state index in [9.17, 15) is 9.50 Å². The van der Waals surface area contributed by atoms with Gasteiger partial charge in [-0.15, -0.1) is 0 Å². The molecule has 3 aliphatic heterocycles. The van der Waals surface area contributed by atoms with Crippen LogP contribution < -0.4 is 9.64 Å². The van der Waals surface area contributed by atoms with Gasteiger partial charge >= 0.3 is 6.01 Å². The van der Waals surface area contributed by atoms with Gasteiger partial charge in [-0.25, -0.2) is 13.2 Å². The molecule has 1 N–H and O–H groups in total. The minimum atomic E-state index is -0.990. The number of β-amino-alcohol motifs (C(OH)–C–C–N with tert-alkyl or cyclic N) is 1. The molecular weight excluding hydrogens is 565 g/mol. The number of alkyl halides is 1. The first-order chi connectivity index (χ1) is 20.1. The molecule has 3 saturated heterocycles. The minimum Gasteiger partial charge on any atom is -0.461 e. The van der Waals surface area contributed by atoms with Gasteiger partial charge in [-0.2, -0.15) is 9.97 Å². The summed E-state index contributed by atoms with van der Waals surface area (Å²) in [4.78, 5) is 13.1. The maximum absolute atomic E-state index is 16.6. The van der Waals surface area contributed by atoms with E-state index in [1.807, 2.05) is 17.0 Å². The predicted octanol–water partition coefficient (Wildman–Crippen LogP) is 6.69. The number of hydrogen-bond acceptors (Lipinski definition) is 6. The highest BCUT2D eigenvalue weighted by atomic mass is 35.5. The largest absolute Gasteiger partial charge is 0.461 e. The van der Waals surface area contributed by atoms with Gasteiger partial charge in [-0.1, -0.05) is 41.9 Å². The van der Waals surface area contributed by atoms with Crippen molar-refractivity contribution in [3.8, 4) is 17.1 Å². The first-order valence-electron chi connectivity index (χ1n) is 14.5. The third kappa shape index (κ3) is 4.66. The number of benzene rings is 3. The summed E-state index contributed by atoms with van der Waals surface area (Å²) in [5.74, 6) is -1.32. The molecule has 220 valence electrons. The van der Waals surface area contributed by atoms with Crippen molar-refractivity contribution in [2.24, 2.45) is 0 Å². The van der Waals surface area contributed by atoms with Crippen LogP contribution in [0.2, 0.25) is 5.02 Å². The van der Waals surface area contributed by atoms with Crippen LogP contribution in [0.5, 0.6) is 6.01 Å². The maximum Gasteiger partial charge on any atom is 0.319 e. The molecule has 3 aromatic carbocycles. The second-order valence-electron chi connectivity index (χ2n) is 12.3. The number of halogens is 4. The average molecular weight is 597 g/mol. The quantitative estimate of drug-likeness (QED) is 0.277. The molecule has 3 atom stereocenters. The molecule has 0 saturated carbocycles. The summed E-state index contributed by atoms with van der Waals surface area (Å²) in [6.45, 7) is 3.88. The number of aliphatic hydroxyl groups is 1. The lowest BCUT2D eigenvalue weighted by atomic mass is 9.94. The highest BCUT2D eigenvalue weighted by molar-refractivity contribution is 6.36. The fourth-order valence-electron chi connectivity index (χ4n) is 7.26. The summed E-state index contributed by atoms with van der Waals surface area (Å²) in [6.07, 6.45) is 2.49. The van der Waals surface area contributed by atoms with Crippen molar-refractivity contribution in [2.45, 2.75) is 56.3 Å². The van der Waals surface area contributed by atoms with Crippen molar-refractivity contribution in [2.75, 3.05) is 37.7 Å². The number of hydrogen-bond donors (Lipinski definition) is 1. The Hall–Kier alpha value is -3.14. The number of piperidine rings is 1. The fraction of sp³-hybridized carbons (Fsp3) is 0.438. The lowest BCUT2D eigenvalue weighted by molar-refractivity contribution is 0.0447. The van der Waals surface area contributed by atoms with Crippen LogP contribution in [0.3, 0.4) is 0 Å². The second kappa shape index (κ2) is 10.2. The van der Waals surface area contributed by atoms with E-state index in [-0.39, 0.29) is 35.6 Å². The number of aromatic nitrogens is 2. The van der Waals surface area contributed by atoms with E-state index in [4.69, 9.17) is 16.3 Å². The molecule has 10 heteroatoms. The van der Waals surface area contributed by atoms with E-state index in [0.717, 1.165) is 24.8 Å². The Bertz CT molecular complexity index is 1700. The topological polar surface area (TPSA) is 61.7 Å². The highest BCUT2D eigenvalue weighted by Crippen LogP contribution is 2.43. The SMILES string of the molecule is C[C@@]1(O)CCCN(c2nc(OC[C@@]34CCCN3C[C@H](F)C4)nc3c(F)c(-c4cccc5cccc(Cl)c45)c(F)cc23)C1. The number of rotatable bonds is 5. The molecular formula is C32H32ClF3N4O2. The zero-order chi connectivity index (χ0) is 29.2. The lowest BCUT2D eigenvalue weighted by Crippen LogP contribution is -2.46. The molecule has 1 aromatic heterocycles. The van der Waals surface area contributed by atoms with Crippen LogP contribution in [0, 0.1) is 11.6 Å². The van der Waals surface area contributed by atoms with Crippen molar-refractivity contribution in [1.82, 2.24) is 14.9 Å². The second-order valence-corrected chi connectivity index (χ2v) is 12.7. The molecule has 0 bridgehead atoms. The zero-order valence-electron chi connectivity index (χ0n) is 23.3. The summed E-state index contributed by atoms with van der Waals surface area (Å²) in [5, 5.41) is 12.7. The molecule has 4 aromatic rings. The van der Waals surface area contributed by atoms with Gasteiger partial charge in [0.2, 0.25) is 0 Å². The number of ether oxygens (including phenoxy) is 1. The Morgan fingerprint density at radius 3 is 2.69 bits per heavy atom. The highest BCUT2D eigenvalue weighted by Gasteiger charge is 2.49. The fourth-order valence-corrected chi connectivity index (χ4v) is 7.55. The Morgan fingerprint density at radius 2 is 1.88 bits per heavy atom. The Morgan fingerprint density at radius 1 is 1.10 bits per heavy atom. The normalized spacial score (nSPS) is 26.3. The van der Waals surface area contributed by atoms with Gasteiger partial charge in [0.15, 0.2) is 5.82 Å². The molecule has 0 unspecified atom stereocenters. The summed E-state index contributed by atoms with van der Waals surface area (Å²) < 4.78 is 53.1.